The van der Waals surface area contributed by atoms with Gasteiger partial charge in [0, 0.05) is 5.56 Å². The van der Waals surface area contributed by atoms with Crippen LogP contribution in [-0.2, 0) is 0 Å². The lowest BCUT2D eigenvalue weighted by Gasteiger charge is -2.31. The highest BCUT2D eigenvalue weighted by atomic mass is 19.1. The van der Waals surface area contributed by atoms with Crippen molar-refractivity contribution in [2.75, 3.05) is 7.11 Å². The molecular formula is C13H20FNO2. The Bertz CT molecular complexity index is 387. The van der Waals surface area contributed by atoms with Gasteiger partial charge in [-0.25, -0.2) is 4.39 Å². The largest absolute Gasteiger partial charge is 0.497 e. The third kappa shape index (κ3) is 3.17. The number of hydrogen-bond donors (Lipinski definition) is 2. The molecule has 1 aromatic rings. The van der Waals surface area contributed by atoms with Crippen molar-refractivity contribution in [1.29, 1.82) is 0 Å². The van der Waals surface area contributed by atoms with Crippen molar-refractivity contribution >= 4 is 0 Å². The minimum absolute atomic E-state index is 0.270. The summed E-state index contributed by atoms with van der Waals surface area (Å²) in [5.74, 6) is 0.0968. The topological polar surface area (TPSA) is 55.5 Å². The second-order valence-electron chi connectivity index (χ2n) is 5.22. The molecular weight excluding hydrogens is 221 g/mol. The van der Waals surface area contributed by atoms with Crippen molar-refractivity contribution in [2.45, 2.75) is 32.9 Å². The van der Waals surface area contributed by atoms with Gasteiger partial charge in [0.1, 0.15) is 11.6 Å². The van der Waals surface area contributed by atoms with Crippen LogP contribution in [0.25, 0.3) is 0 Å². The number of aliphatic hydroxyl groups is 1. The molecule has 0 bridgehead atoms. The average molecular weight is 241 g/mol. The monoisotopic (exact) mass is 241 g/mol. The van der Waals surface area contributed by atoms with E-state index in [2.05, 4.69) is 0 Å². The molecule has 0 aliphatic carbocycles. The van der Waals surface area contributed by atoms with Crippen LogP contribution in [0.1, 0.15) is 32.4 Å². The maximum absolute atomic E-state index is 13.7. The Morgan fingerprint density at radius 1 is 1.35 bits per heavy atom. The summed E-state index contributed by atoms with van der Waals surface area (Å²) < 4.78 is 18.7. The van der Waals surface area contributed by atoms with Crippen LogP contribution >= 0.6 is 0 Å². The number of rotatable bonds is 3. The molecule has 0 spiro atoms. The lowest BCUT2D eigenvalue weighted by Crippen LogP contribution is -2.37. The first-order valence-electron chi connectivity index (χ1n) is 5.54. The minimum Gasteiger partial charge on any atom is -0.497 e. The van der Waals surface area contributed by atoms with Crippen molar-refractivity contribution in [3.63, 3.8) is 0 Å². The number of nitrogens with two attached hydrogens (primary N) is 1. The van der Waals surface area contributed by atoms with E-state index in [4.69, 9.17) is 10.5 Å². The third-order valence-electron chi connectivity index (χ3n) is 2.79. The van der Waals surface area contributed by atoms with E-state index in [-0.39, 0.29) is 5.56 Å². The van der Waals surface area contributed by atoms with E-state index in [0.29, 0.717) is 5.75 Å². The van der Waals surface area contributed by atoms with Gasteiger partial charge in [-0.2, -0.15) is 0 Å². The zero-order valence-corrected chi connectivity index (χ0v) is 10.7. The molecule has 4 heteroatoms. The highest BCUT2D eigenvalue weighted by Crippen LogP contribution is 2.31. The van der Waals surface area contributed by atoms with Crippen molar-refractivity contribution in [1.82, 2.24) is 0 Å². The van der Waals surface area contributed by atoms with Gasteiger partial charge in [-0.15, -0.1) is 0 Å². The Hall–Kier alpha value is -1.13. The van der Waals surface area contributed by atoms with Crippen LogP contribution in [0, 0.1) is 11.2 Å². The Labute approximate surface area is 101 Å². The van der Waals surface area contributed by atoms with Gasteiger partial charge >= 0.3 is 0 Å². The highest BCUT2D eigenvalue weighted by Gasteiger charge is 2.30. The molecule has 0 aliphatic heterocycles. The molecule has 0 fully saturated rings. The lowest BCUT2D eigenvalue weighted by molar-refractivity contribution is 0.0391. The van der Waals surface area contributed by atoms with Crippen LogP contribution in [0.4, 0.5) is 4.39 Å². The standard InChI is InChI=1S/C13H20FNO2/c1-13(2,3)12(16)11(15)9-7-8(17-4)5-6-10(9)14/h5-7,11-12,16H,15H2,1-4H3/t11-,12-/m0/s1. The van der Waals surface area contributed by atoms with Crippen molar-refractivity contribution in [2.24, 2.45) is 11.1 Å². The summed E-state index contributed by atoms with van der Waals surface area (Å²) >= 11 is 0. The number of benzene rings is 1. The summed E-state index contributed by atoms with van der Waals surface area (Å²) in [6.45, 7) is 5.57. The maximum Gasteiger partial charge on any atom is 0.128 e. The van der Waals surface area contributed by atoms with Gasteiger partial charge in [0.25, 0.3) is 0 Å². The third-order valence-corrected chi connectivity index (χ3v) is 2.79. The fourth-order valence-corrected chi connectivity index (χ4v) is 1.61. The molecule has 0 saturated carbocycles. The van der Waals surface area contributed by atoms with Gasteiger partial charge in [-0.3, -0.25) is 0 Å². The van der Waals surface area contributed by atoms with Crippen LogP contribution in [-0.4, -0.2) is 18.3 Å². The summed E-state index contributed by atoms with van der Waals surface area (Å²) in [6.07, 6.45) is -0.830. The smallest absolute Gasteiger partial charge is 0.128 e. The average Bonchev–Trinajstić information content (AvgIpc) is 2.26. The fourth-order valence-electron chi connectivity index (χ4n) is 1.61. The van der Waals surface area contributed by atoms with E-state index < -0.39 is 23.4 Å². The van der Waals surface area contributed by atoms with Gasteiger partial charge < -0.3 is 15.6 Å². The number of aliphatic hydroxyl groups excluding tert-OH is 1. The summed E-state index contributed by atoms with van der Waals surface area (Å²) in [5, 5.41) is 10.1. The van der Waals surface area contributed by atoms with Crippen LogP contribution in [0.15, 0.2) is 18.2 Å². The summed E-state index contributed by atoms with van der Waals surface area (Å²) in [4.78, 5) is 0. The summed E-state index contributed by atoms with van der Waals surface area (Å²) in [7, 11) is 1.50. The minimum atomic E-state index is -0.830. The number of methoxy groups -OCH3 is 1. The molecule has 0 unspecified atom stereocenters. The first kappa shape index (κ1) is 13.9. The summed E-state index contributed by atoms with van der Waals surface area (Å²) in [6, 6.07) is 3.57. The van der Waals surface area contributed by atoms with E-state index in [1.807, 2.05) is 20.8 Å². The first-order valence-corrected chi connectivity index (χ1v) is 5.54. The molecule has 0 saturated heterocycles. The fraction of sp³-hybridized carbons (Fsp3) is 0.538. The zero-order valence-electron chi connectivity index (χ0n) is 10.7. The first-order chi connectivity index (χ1) is 7.77. The van der Waals surface area contributed by atoms with E-state index in [1.54, 1.807) is 0 Å². The molecule has 0 aromatic heterocycles. The van der Waals surface area contributed by atoms with Crippen LogP contribution < -0.4 is 10.5 Å². The molecule has 17 heavy (non-hydrogen) atoms. The Balaban J connectivity index is 3.07. The zero-order chi connectivity index (χ0) is 13.2. The van der Waals surface area contributed by atoms with Crippen LogP contribution in [0.5, 0.6) is 5.75 Å². The van der Waals surface area contributed by atoms with Gasteiger partial charge in [0.2, 0.25) is 0 Å². The molecule has 0 radical (unpaired) electrons. The maximum atomic E-state index is 13.7. The van der Waals surface area contributed by atoms with Gasteiger partial charge in [-0.05, 0) is 23.6 Å². The molecule has 3 N–H and O–H groups in total. The molecule has 3 nitrogen and oxygen atoms in total. The number of ether oxygens (including phenoxy) is 1. The number of hydrogen-bond acceptors (Lipinski definition) is 3. The van der Waals surface area contributed by atoms with Crippen molar-refractivity contribution < 1.29 is 14.2 Å². The quantitative estimate of drug-likeness (QED) is 0.853. The summed E-state index contributed by atoms with van der Waals surface area (Å²) in [5.41, 5.74) is 5.77. The van der Waals surface area contributed by atoms with E-state index >= 15 is 0 Å². The normalized spacial score (nSPS) is 15.5. The molecule has 0 amide bonds. The molecule has 1 rings (SSSR count). The van der Waals surface area contributed by atoms with Crippen molar-refractivity contribution in [3.8, 4) is 5.75 Å². The second-order valence-corrected chi connectivity index (χ2v) is 5.22. The van der Waals surface area contributed by atoms with Crippen LogP contribution in [0.3, 0.4) is 0 Å². The van der Waals surface area contributed by atoms with Crippen LogP contribution in [0.2, 0.25) is 0 Å². The second kappa shape index (κ2) is 5.02. The van der Waals surface area contributed by atoms with E-state index in [9.17, 15) is 9.50 Å². The molecule has 2 atom stereocenters. The molecule has 0 heterocycles. The molecule has 96 valence electrons. The Kier molecular flexibility index (Phi) is 4.11. The van der Waals surface area contributed by atoms with Gasteiger partial charge in [0.05, 0.1) is 19.3 Å². The lowest BCUT2D eigenvalue weighted by atomic mass is 9.82. The Morgan fingerprint density at radius 3 is 2.41 bits per heavy atom. The van der Waals surface area contributed by atoms with E-state index in [1.165, 1.54) is 25.3 Å². The van der Waals surface area contributed by atoms with Gasteiger partial charge in [0.15, 0.2) is 0 Å². The highest BCUT2D eigenvalue weighted by molar-refractivity contribution is 5.32. The predicted molar refractivity (Wildman–Crippen MR) is 65.3 cm³/mol. The van der Waals surface area contributed by atoms with E-state index in [0.717, 1.165) is 0 Å². The van der Waals surface area contributed by atoms with Gasteiger partial charge in [-0.1, -0.05) is 20.8 Å². The molecule has 0 aliphatic rings. The van der Waals surface area contributed by atoms with Crippen molar-refractivity contribution in [3.05, 3.63) is 29.6 Å². The predicted octanol–water partition coefficient (Wildman–Crippen LogP) is 2.24. The molecule has 1 aromatic carbocycles. The Morgan fingerprint density at radius 2 is 1.94 bits per heavy atom. The number of halogens is 1. The SMILES string of the molecule is COc1ccc(F)c([C@H](N)[C@H](O)C(C)(C)C)c1.